The van der Waals surface area contributed by atoms with Crippen LogP contribution in [0.5, 0.6) is 5.88 Å². The molecule has 1 aliphatic heterocycles. The molecule has 8 nitrogen and oxygen atoms in total. The molecule has 0 bridgehead atoms. The van der Waals surface area contributed by atoms with Crippen molar-refractivity contribution in [3.8, 4) is 11.8 Å². The molecule has 0 aliphatic carbocycles. The molecule has 0 atom stereocenters. The van der Waals surface area contributed by atoms with E-state index < -0.39 is 0 Å². The van der Waals surface area contributed by atoms with Crippen LogP contribution in [-0.2, 0) is 11.3 Å². The maximum Gasteiger partial charge on any atom is 0.255 e. The van der Waals surface area contributed by atoms with Gasteiger partial charge in [-0.05, 0) is 30.3 Å². The van der Waals surface area contributed by atoms with Gasteiger partial charge in [-0.25, -0.2) is 9.07 Å². The smallest absolute Gasteiger partial charge is 0.255 e. The molecule has 1 aromatic carbocycles. The van der Waals surface area contributed by atoms with Gasteiger partial charge >= 0.3 is 0 Å². The number of rotatable bonds is 6. The minimum atomic E-state index is -0.319. The highest BCUT2D eigenvalue weighted by molar-refractivity contribution is 5.57. The van der Waals surface area contributed by atoms with E-state index in [9.17, 15) is 9.50 Å². The molecule has 26 heavy (non-hydrogen) atoms. The first kappa shape index (κ1) is 16.4. The third-order valence-corrected chi connectivity index (χ3v) is 3.71. The Bertz CT molecular complexity index is 896. The van der Waals surface area contributed by atoms with Gasteiger partial charge in [0.25, 0.3) is 5.95 Å². The fourth-order valence-electron chi connectivity index (χ4n) is 2.33. The van der Waals surface area contributed by atoms with Crippen molar-refractivity contribution in [2.75, 3.05) is 18.5 Å². The molecule has 2 aromatic heterocycles. The number of hydrogen-bond donors (Lipinski definition) is 2. The monoisotopic (exact) mass is 357 g/mol. The Labute approximate surface area is 148 Å². The van der Waals surface area contributed by atoms with Gasteiger partial charge in [0.1, 0.15) is 17.7 Å². The van der Waals surface area contributed by atoms with Crippen LogP contribution >= 0.6 is 0 Å². The summed E-state index contributed by atoms with van der Waals surface area (Å²) >= 11 is 0. The normalized spacial score (nSPS) is 14.1. The molecule has 3 aromatic rings. The van der Waals surface area contributed by atoms with E-state index in [1.54, 1.807) is 30.5 Å². The summed E-state index contributed by atoms with van der Waals surface area (Å²) in [6.45, 7) is 0.844. The highest BCUT2D eigenvalue weighted by atomic mass is 19.1. The summed E-state index contributed by atoms with van der Waals surface area (Å²) in [6.07, 6.45) is 1.60. The number of nitrogens with one attached hydrogen (secondary N) is 1. The summed E-state index contributed by atoms with van der Waals surface area (Å²) < 4.78 is 25.4. The Morgan fingerprint density at radius 3 is 2.69 bits per heavy atom. The van der Waals surface area contributed by atoms with Crippen molar-refractivity contribution < 1.29 is 19.0 Å². The lowest BCUT2D eigenvalue weighted by Crippen LogP contribution is -2.38. The fourth-order valence-corrected chi connectivity index (χ4v) is 2.33. The predicted molar refractivity (Wildman–Crippen MR) is 90.0 cm³/mol. The molecule has 0 amide bonds. The van der Waals surface area contributed by atoms with Crippen LogP contribution in [0, 0.1) is 5.82 Å². The first-order valence-electron chi connectivity index (χ1n) is 8.01. The van der Waals surface area contributed by atoms with Gasteiger partial charge in [0, 0.05) is 18.0 Å². The van der Waals surface area contributed by atoms with Crippen molar-refractivity contribution in [1.82, 2.24) is 19.7 Å². The second kappa shape index (κ2) is 7.06. The quantitative estimate of drug-likeness (QED) is 0.695. The molecule has 134 valence electrons. The van der Waals surface area contributed by atoms with Gasteiger partial charge in [-0.15, -0.1) is 0 Å². The van der Waals surface area contributed by atoms with Crippen molar-refractivity contribution in [2.45, 2.75) is 12.7 Å². The molecule has 1 fully saturated rings. The summed E-state index contributed by atoms with van der Waals surface area (Å²) in [5.74, 6) is 0.805. The number of aliphatic hydroxyl groups is 1. The van der Waals surface area contributed by atoms with Crippen LogP contribution in [0.3, 0.4) is 0 Å². The SMILES string of the molecule is OCc1ccn(-c2nc(Nc3ccc(F)cc3)cc(OC3COC3)n2)n1. The van der Waals surface area contributed by atoms with Crippen molar-refractivity contribution in [3.05, 3.63) is 54.1 Å². The van der Waals surface area contributed by atoms with Crippen LogP contribution in [-0.4, -0.2) is 44.2 Å². The summed E-state index contributed by atoms with van der Waals surface area (Å²) in [6, 6.07) is 9.25. The molecule has 4 rings (SSSR count). The Morgan fingerprint density at radius 1 is 1.23 bits per heavy atom. The first-order valence-corrected chi connectivity index (χ1v) is 8.01. The summed E-state index contributed by atoms with van der Waals surface area (Å²) in [5.41, 5.74) is 1.17. The molecule has 0 saturated carbocycles. The van der Waals surface area contributed by atoms with E-state index >= 15 is 0 Å². The zero-order chi connectivity index (χ0) is 17.9. The standard InChI is InChI=1S/C17H16FN5O3/c18-11-1-3-12(4-2-11)19-15-7-16(26-14-9-25-10-14)21-17(20-15)23-6-5-13(8-24)22-23/h1-7,14,24H,8-10H2,(H,19,20,21). The van der Waals surface area contributed by atoms with Crippen molar-refractivity contribution in [1.29, 1.82) is 0 Å². The third kappa shape index (κ3) is 3.63. The second-order valence-electron chi connectivity index (χ2n) is 5.71. The van der Waals surface area contributed by atoms with Gasteiger partial charge in [-0.3, -0.25) is 0 Å². The van der Waals surface area contributed by atoms with E-state index in [1.165, 1.54) is 16.8 Å². The van der Waals surface area contributed by atoms with Crippen LogP contribution in [0.2, 0.25) is 0 Å². The number of nitrogens with zero attached hydrogens (tertiary/aromatic N) is 4. The number of benzene rings is 1. The van der Waals surface area contributed by atoms with Gasteiger partial charge in [-0.1, -0.05) is 0 Å². The van der Waals surface area contributed by atoms with Crippen molar-refractivity contribution in [2.24, 2.45) is 0 Å². The zero-order valence-electron chi connectivity index (χ0n) is 13.7. The molecule has 0 radical (unpaired) electrons. The van der Waals surface area contributed by atoms with Crippen molar-refractivity contribution in [3.63, 3.8) is 0 Å². The van der Waals surface area contributed by atoms with Gasteiger partial charge in [0.2, 0.25) is 5.88 Å². The largest absolute Gasteiger partial charge is 0.469 e. The van der Waals surface area contributed by atoms with Gasteiger partial charge in [0.15, 0.2) is 0 Å². The van der Waals surface area contributed by atoms with Crippen LogP contribution in [0.15, 0.2) is 42.6 Å². The number of aliphatic hydroxyl groups excluding tert-OH is 1. The number of aromatic nitrogens is 4. The average Bonchev–Trinajstić information content (AvgIpc) is 3.09. The second-order valence-corrected chi connectivity index (χ2v) is 5.71. The van der Waals surface area contributed by atoms with E-state index in [0.29, 0.717) is 36.3 Å². The average molecular weight is 357 g/mol. The fraction of sp³-hybridized carbons (Fsp3) is 0.235. The number of ether oxygens (including phenoxy) is 2. The summed E-state index contributed by atoms with van der Waals surface area (Å²) in [7, 11) is 0. The molecule has 2 N–H and O–H groups in total. The minimum Gasteiger partial charge on any atom is -0.469 e. The molecule has 1 aliphatic rings. The molecule has 9 heteroatoms. The first-order chi connectivity index (χ1) is 12.7. The summed E-state index contributed by atoms with van der Waals surface area (Å²) in [5, 5.41) is 16.5. The molecule has 3 heterocycles. The van der Waals surface area contributed by atoms with E-state index in [4.69, 9.17) is 9.47 Å². The van der Waals surface area contributed by atoms with E-state index in [1.807, 2.05) is 0 Å². The highest BCUT2D eigenvalue weighted by Crippen LogP contribution is 2.22. The zero-order valence-corrected chi connectivity index (χ0v) is 13.7. The lowest BCUT2D eigenvalue weighted by Gasteiger charge is -2.26. The molecular weight excluding hydrogens is 341 g/mol. The third-order valence-electron chi connectivity index (χ3n) is 3.71. The van der Waals surface area contributed by atoms with E-state index in [2.05, 4.69) is 20.4 Å². The molecule has 0 spiro atoms. The maximum atomic E-state index is 13.1. The van der Waals surface area contributed by atoms with Gasteiger partial charge < -0.3 is 19.9 Å². The summed E-state index contributed by atoms with van der Waals surface area (Å²) in [4.78, 5) is 8.77. The Hall–Kier alpha value is -3.04. The lowest BCUT2D eigenvalue weighted by molar-refractivity contribution is -0.0813. The molecular formula is C17H16FN5O3. The van der Waals surface area contributed by atoms with E-state index in [-0.39, 0.29) is 24.5 Å². The van der Waals surface area contributed by atoms with Crippen molar-refractivity contribution >= 4 is 11.5 Å². The minimum absolute atomic E-state index is 0.0537. The Balaban J connectivity index is 1.65. The maximum absolute atomic E-state index is 13.1. The predicted octanol–water partition coefficient (Wildman–Crippen LogP) is 1.81. The van der Waals surface area contributed by atoms with Crippen LogP contribution in [0.1, 0.15) is 5.69 Å². The van der Waals surface area contributed by atoms with Crippen LogP contribution in [0.25, 0.3) is 5.95 Å². The lowest BCUT2D eigenvalue weighted by atomic mass is 10.3. The van der Waals surface area contributed by atoms with E-state index in [0.717, 1.165) is 0 Å². The Kier molecular flexibility index (Phi) is 4.46. The number of hydrogen-bond acceptors (Lipinski definition) is 7. The highest BCUT2D eigenvalue weighted by Gasteiger charge is 2.21. The topological polar surface area (TPSA) is 94.3 Å². The van der Waals surface area contributed by atoms with Crippen LogP contribution in [0.4, 0.5) is 15.9 Å². The molecule has 1 saturated heterocycles. The Morgan fingerprint density at radius 2 is 2.04 bits per heavy atom. The number of halogens is 1. The van der Waals surface area contributed by atoms with Gasteiger partial charge in [-0.2, -0.15) is 15.1 Å². The molecule has 0 unspecified atom stereocenters. The van der Waals surface area contributed by atoms with Gasteiger partial charge in [0.05, 0.1) is 25.5 Å². The van der Waals surface area contributed by atoms with Crippen LogP contribution < -0.4 is 10.1 Å². The number of anilines is 2.